The van der Waals surface area contributed by atoms with Crippen LogP contribution in [0.1, 0.15) is 22.3 Å². The van der Waals surface area contributed by atoms with Crippen molar-refractivity contribution in [2.24, 2.45) is 0 Å². The van der Waals surface area contributed by atoms with E-state index >= 15 is 0 Å². The summed E-state index contributed by atoms with van der Waals surface area (Å²) in [5.41, 5.74) is 6.89. The van der Waals surface area contributed by atoms with Crippen LogP contribution in [0.3, 0.4) is 0 Å². The number of hydrogen-bond acceptors (Lipinski definition) is 2. The van der Waals surface area contributed by atoms with Crippen LogP contribution in [0.15, 0.2) is 36.4 Å². The molecular weight excluding hydrogens is 310 g/mol. The van der Waals surface area contributed by atoms with Crippen molar-refractivity contribution in [2.75, 3.05) is 36.4 Å². The van der Waals surface area contributed by atoms with Gasteiger partial charge in [0.15, 0.2) is 0 Å². The lowest BCUT2D eigenvalue weighted by Gasteiger charge is -2.36. The van der Waals surface area contributed by atoms with E-state index in [-0.39, 0.29) is 6.03 Å². The molecule has 0 aromatic heterocycles. The molecule has 0 atom stereocenters. The van der Waals surface area contributed by atoms with Crippen molar-refractivity contribution in [1.82, 2.24) is 4.90 Å². The molecule has 0 spiro atoms. The Labute approximate surface area is 150 Å². The van der Waals surface area contributed by atoms with Crippen LogP contribution in [0.4, 0.5) is 16.2 Å². The fourth-order valence-electron chi connectivity index (χ4n) is 3.49. The van der Waals surface area contributed by atoms with Crippen LogP contribution in [-0.2, 0) is 0 Å². The smallest absolute Gasteiger partial charge is 0.321 e. The Kier molecular flexibility index (Phi) is 4.98. The van der Waals surface area contributed by atoms with Crippen LogP contribution < -0.4 is 10.2 Å². The van der Waals surface area contributed by atoms with Gasteiger partial charge in [0.2, 0.25) is 0 Å². The van der Waals surface area contributed by atoms with Crippen LogP contribution in [0.5, 0.6) is 0 Å². The Morgan fingerprint density at radius 1 is 0.840 bits per heavy atom. The number of piperazine rings is 1. The first-order valence-electron chi connectivity index (χ1n) is 8.89. The SMILES string of the molecule is Cc1ccc(N2CCN(C(=O)Nc3c(C)cc(C)cc3C)CC2)cc1. The molecule has 2 aromatic rings. The van der Waals surface area contributed by atoms with E-state index in [1.165, 1.54) is 16.8 Å². The lowest BCUT2D eigenvalue weighted by molar-refractivity contribution is 0.208. The molecule has 0 radical (unpaired) electrons. The monoisotopic (exact) mass is 337 g/mol. The Bertz CT molecular complexity index is 736. The van der Waals surface area contributed by atoms with Crippen molar-refractivity contribution in [3.63, 3.8) is 0 Å². The van der Waals surface area contributed by atoms with Crippen LogP contribution in [-0.4, -0.2) is 37.1 Å². The standard InChI is InChI=1S/C21H27N3O/c1-15-5-7-19(8-6-15)23-9-11-24(12-10-23)21(25)22-20-17(3)13-16(2)14-18(20)4/h5-8,13-14H,9-12H2,1-4H3,(H,22,25). The molecule has 4 heteroatoms. The summed E-state index contributed by atoms with van der Waals surface area (Å²) in [4.78, 5) is 16.9. The van der Waals surface area contributed by atoms with Gasteiger partial charge in [-0.25, -0.2) is 4.79 Å². The first kappa shape index (κ1) is 17.3. The van der Waals surface area contributed by atoms with E-state index in [0.717, 1.165) is 43.0 Å². The summed E-state index contributed by atoms with van der Waals surface area (Å²) in [5, 5.41) is 3.11. The number of amides is 2. The third-order valence-electron chi connectivity index (χ3n) is 4.87. The van der Waals surface area contributed by atoms with Gasteiger partial charge in [0.05, 0.1) is 0 Å². The molecule has 1 N–H and O–H groups in total. The van der Waals surface area contributed by atoms with Crippen molar-refractivity contribution < 1.29 is 4.79 Å². The largest absolute Gasteiger partial charge is 0.368 e. The van der Waals surface area contributed by atoms with E-state index in [1.54, 1.807) is 0 Å². The molecule has 1 aliphatic rings. The molecule has 132 valence electrons. The van der Waals surface area contributed by atoms with Crippen molar-refractivity contribution in [3.8, 4) is 0 Å². The molecule has 0 unspecified atom stereocenters. The maximum Gasteiger partial charge on any atom is 0.321 e. The highest BCUT2D eigenvalue weighted by atomic mass is 16.2. The lowest BCUT2D eigenvalue weighted by atomic mass is 10.1. The number of anilines is 2. The number of carbonyl (C=O) groups is 1. The van der Waals surface area contributed by atoms with Crippen molar-refractivity contribution in [2.45, 2.75) is 27.7 Å². The summed E-state index contributed by atoms with van der Waals surface area (Å²) in [6.45, 7) is 11.5. The van der Waals surface area contributed by atoms with Gasteiger partial charge in [-0.05, 0) is 51.0 Å². The highest BCUT2D eigenvalue weighted by Crippen LogP contribution is 2.23. The van der Waals surface area contributed by atoms with Gasteiger partial charge in [-0.2, -0.15) is 0 Å². The number of carbonyl (C=O) groups excluding carboxylic acids is 1. The molecule has 0 bridgehead atoms. The molecule has 1 fully saturated rings. The number of rotatable bonds is 2. The molecule has 2 amide bonds. The van der Waals surface area contributed by atoms with Gasteiger partial charge in [-0.1, -0.05) is 35.4 Å². The topological polar surface area (TPSA) is 35.6 Å². The number of nitrogens with one attached hydrogen (secondary N) is 1. The van der Waals surface area contributed by atoms with Gasteiger partial charge in [0.1, 0.15) is 0 Å². The molecule has 0 aliphatic carbocycles. The van der Waals surface area contributed by atoms with E-state index in [0.29, 0.717) is 0 Å². The van der Waals surface area contributed by atoms with E-state index in [9.17, 15) is 4.79 Å². The summed E-state index contributed by atoms with van der Waals surface area (Å²) >= 11 is 0. The van der Waals surface area contributed by atoms with Gasteiger partial charge in [-0.15, -0.1) is 0 Å². The van der Waals surface area contributed by atoms with Crippen molar-refractivity contribution >= 4 is 17.4 Å². The van der Waals surface area contributed by atoms with Crippen LogP contribution in [0.2, 0.25) is 0 Å². The van der Waals surface area contributed by atoms with Crippen LogP contribution in [0.25, 0.3) is 0 Å². The molecule has 3 rings (SSSR count). The summed E-state index contributed by atoms with van der Waals surface area (Å²) in [5.74, 6) is 0. The molecule has 2 aromatic carbocycles. The number of aryl methyl sites for hydroxylation is 4. The molecule has 25 heavy (non-hydrogen) atoms. The van der Waals surface area contributed by atoms with E-state index in [2.05, 4.69) is 60.5 Å². The molecule has 0 saturated carbocycles. The summed E-state index contributed by atoms with van der Waals surface area (Å²) in [6, 6.07) is 12.8. The van der Waals surface area contributed by atoms with Crippen molar-refractivity contribution in [3.05, 3.63) is 58.7 Å². The summed E-state index contributed by atoms with van der Waals surface area (Å²) in [7, 11) is 0. The summed E-state index contributed by atoms with van der Waals surface area (Å²) in [6.07, 6.45) is 0. The normalized spacial score (nSPS) is 14.6. The molecule has 1 heterocycles. The third kappa shape index (κ3) is 3.95. The predicted octanol–water partition coefficient (Wildman–Crippen LogP) is 4.27. The van der Waals surface area contributed by atoms with Crippen molar-refractivity contribution in [1.29, 1.82) is 0 Å². The second-order valence-corrected chi connectivity index (χ2v) is 7.01. The second kappa shape index (κ2) is 7.18. The maximum atomic E-state index is 12.6. The van der Waals surface area contributed by atoms with Gasteiger partial charge in [0, 0.05) is 37.6 Å². The molecule has 4 nitrogen and oxygen atoms in total. The van der Waals surface area contributed by atoms with Crippen LogP contribution >= 0.6 is 0 Å². The zero-order valence-corrected chi connectivity index (χ0v) is 15.6. The average molecular weight is 337 g/mol. The fourth-order valence-corrected chi connectivity index (χ4v) is 3.49. The van der Waals surface area contributed by atoms with E-state index < -0.39 is 0 Å². The highest BCUT2D eigenvalue weighted by molar-refractivity contribution is 5.91. The second-order valence-electron chi connectivity index (χ2n) is 7.01. The first-order valence-corrected chi connectivity index (χ1v) is 8.89. The first-order chi connectivity index (χ1) is 11.9. The molecule has 1 saturated heterocycles. The highest BCUT2D eigenvalue weighted by Gasteiger charge is 2.22. The molecule has 1 aliphatic heterocycles. The minimum atomic E-state index is -0.00129. The Balaban J connectivity index is 1.61. The number of urea groups is 1. The quantitative estimate of drug-likeness (QED) is 0.888. The zero-order chi connectivity index (χ0) is 18.0. The Hall–Kier alpha value is -2.49. The zero-order valence-electron chi connectivity index (χ0n) is 15.6. The van der Waals surface area contributed by atoms with Gasteiger partial charge in [0.25, 0.3) is 0 Å². The minimum Gasteiger partial charge on any atom is -0.368 e. The van der Waals surface area contributed by atoms with Gasteiger partial charge < -0.3 is 15.1 Å². The minimum absolute atomic E-state index is 0.00129. The molecular formula is C21H27N3O. The average Bonchev–Trinajstić information content (AvgIpc) is 2.59. The Morgan fingerprint density at radius 2 is 1.40 bits per heavy atom. The van der Waals surface area contributed by atoms with Crippen LogP contribution in [0, 0.1) is 27.7 Å². The van der Waals surface area contributed by atoms with Gasteiger partial charge >= 0.3 is 6.03 Å². The third-order valence-corrected chi connectivity index (χ3v) is 4.87. The summed E-state index contributed by atoms with van der Waals surface area (Å²) < 4.78 is 0. The predicted molar refractivity (Wildman–Crippen MR) is 105 cm³/mol. The van der Waals surface area contributed by atoms with Gasteiger partial charge in [-0.3, -0.25) is 0 Å². The maximum absolute atomic E-state index is 12.6. The lowest BCUT2D eigenvalue weighted by Crippen LogP contribution is -2.50. The number of benzene rings is 2. The number of nitrogens with zero attached hydrogens (tertiary/aromatic N) is 2. The Morgan fingerprint density at radius 3 is 1.96 bits per heavy atom. The van der Waals surface area contributed by atoms with E-state index in [1.807, 2.05) is 18.7 Å². The number of hydrogen-bond donors (Lipinski definition) is 1. The van der Waals surface area contributed by atoms with E-state index in [4.69, 9.17) is 0 Å². The fraction of sp³-hybridized carbons (Fsp3) is 0.381.